The summed E-state index contributed by atoms with van der Waals surface area (Å²) in [7, 11) is 0. The first kappa shape index (κ1) is 8.40. The molecule has 0 aliphatic carbocycles. The molecule has 0 aliphatic heterocycles. The molecule has 0 aliphatic rings. The van der Waals surface area contributed by atoms with Crippen LogP contribution in [0.25, 0.3) is 0 Å². The van der Waals surface area contributed by atoms with E-state index in [0.717, 1.165) is 6.07 Å². The molecule has 0 amide bonds. The highest BCUT2D eigenvalue weighted by Crippen LogP contribution is 2.12. The summed E-state index contributed by atoms with van der Waals surface area (Å²) in [5.74, 6) is -0.232. The minimum atomic E-state index is -2.92. The summed E-state index contributed by atoms with van der Waals surface area (Å²) in [6, 6.07) is 2.87. The van der Waals surface area contributed by atoms with Crippen molar-refractivity contribution < 1.29 is 13.5 Å². The number of hydrogen-bond acceptors (Lipinski definition) is 3. The van der Waals surface area contributed by atoms with Crippen LogP contribution in [0.5, 0.6) is 5.75 Å². The van der Waals surface area contributed by atoms with Gasteiger partial charge in [-0.1, -0.05) is 0 Å². The lowest BCUT2D eigenvalue weighted by atomic mass is 10.3. The van der Waals surface area contributed by atoms with Crippen molar-refractivity contribution in [1.29, 1.82) is 5.26 Å². The molecule has 0 atom stereocenters. The Balaban J connectivity index is 2.81. The molecule has 1 rings (SSSR count). The zero-order valence-electron chi connectivity index (χ0n) is 5.79. The Kier molecular flexibility index (Phi) is 2.53. The molecule has 61 valence electrons. The van der Waals surface area contributed by atoms with Gasteiger partial charge in [0.05, 0.1) is 5.56 Å². The van der Waals surface area contributed by atoms with Gasteiger partial charge >= 0.3 is 6.61 Å². The minimum absolute atomic E-state index is 0.157. The van der Waals surface area contributed by atoms with Gasteiger partial charge in [0.2, 0.25) is 0 Å². The second-order valence-corrected chi connectivity index (χ2v) is 1.82. The Hall–Kier alpha value is -1.70. The second kappa shape index (κ2) is 3.62. The van der Waals surface area contributed by atoms with Crippen LogP contribution in [0.15, 0.2) is 12.3 Å². The van der Waals surface area contributed by atoms with E-state index in [-0.39, 0.29) is 11.3 Å². The van der Waals surface area contributed by atoms with Crippen molar-refractivity contribution in [3.63, 3.8) is 0 Å². The van der Waals surface area contributed by atoms with E-state index in [1.54, 1.807) is 6.07 Å². The molecule has 0 fully saturated rings. The summed E-state index contributed by atoms with van der Waals surface area (Å²) in [6.07, 6.45) is 3.38. The van der Waals surface area contributed by atoms with E-state index in [1.807, 2.05) is 0 Å². The molecule has 0 spiro atoms. The molecule has 1 radical (unpaired) electrons. The predicted molar refractivity (Wildman–Crippen MR) is 34.4 cm³/mol. The van der Waals surface area contributed by atoms with Crippen LogP contribution in [0, 0.1) is 17.5 Å². The number of nitrogens with zero attached hydrogens (tertiary/aromatic N) is 2. The average molecular weight is 169 g/mol. The highest BCUT2D eigenvalue weighted by Gasteiger charge is 2.04. The van der Waals surface area contributed by atoms with Gasteiger partial charge in [-0.2, -0.15) is 14.0 Å². The third-order valence-corrected chi connectivity index (χ3v) is 1.01. The van der Waals surface area contributed by atoms with E-state index in [2.05, 4.69) is 15.9 Å². The third-order valence-electron chi connectivity index (χ3n) is 1.01. The summed E-state index contributed by atoms with van der Waals surface area (Å²) in [6.45, 7) is -2.92. The maximum absolute atomic E-state index is 11.6. The van der Waals surface area contributed by atoms with E-state index in [0.29, 0.717) is 0 Å². The van der Waals surface area contributed by atoms with Crippen LogP contribution in [0.3, 0.4) is 0 Å². The van der Waals surface area contributed by atoms with Crippen LogP contribution in [-0.4, -0.2) is 11.6 Å². The lowest BCUT2D eigenvalue weighted by Crippen LogP contribution is -2.02. The molecule has 0 N–H and O–H groups in total. The zero-order valence-corrected chi connectivity index (χ0v) is 5.79. The van der Waals surface area contributed by atoms with E-state index < -0.39 is 6.61 Å². The van der Waals surface area contributed by atoms with Crippen molar-refractivity contribution in [2.24, 2.45) is 0 Å². The monoisotopic (exact) mass is 169 g/mol. The smallest absolute Gasteiger partial charge is 0.387 e. The number of pyridine rings is 1. The average Bonchev–Trinajstić information content (AvgIpc) is 2.03. The Morgan fingerprint density at radius 1 is 1.67 bits per heavy atom. The lowest BCUT2D eigenvalue weighted by molar-refractivity contribution is -0.0502. The van der Waals surface area contributed by atoms with Gasteiger partial charge in [0.25, 0.3) is 0 Å². The first-order valence-corrected chi connectivity index (χ1v) is 2.95. The van der Waals surface area contributed by atoms with E-state index in [4.69, 9.17) is 5.26 Å². The number of hydrogen-bond donors (Lipinski definition) is 0. The predicted octanol–water partition coefficient (Wildman–Crippen LogP) is 1.35. The van der Waals surface area contributed by atoms with Crippen molar-refractivity contribution in [1.82, 2.24) is 4.98 Å². The number of alkyl halides is 2. The maximum atomic E-state index is 11.6. The maximum Gasteiger partial charge on any atom is 0.387 e. The normalized spacial score (nSPS) is 9.50. The SMILES string of the molecule is N#Cc1cn[c]c(OC(F)F)c1. The topological polar surface area (TPSA) is 45.9 Å². The van der Waals surface area contributed by atoms with Crippen LogP contribution in [-0.2, 0) is 0 Å². The minimum Gasteiger partial charge on any atom is -0.432 e. The quantitative estimate of drug-likeness (QED) is 0.671. The van der Waals surface area contributed by atoms with Crippen LogP contribution < -0.4 is 4.74 Å². The summed E-state index contributed by atoms with van der Waals surface area (Å²) in [5.41, 5.74) is 0.157. The standard InChI is InChI=1S/C7H3F2N2O/c8-7(9)12-6-1-5(2-10)3-11-4-6/h1,3,7H. The number of aromatic nitrogens is 1. The Bertz CT molecular complexity index is 309. The molecule has 0 saturated heterocycles. The fourth-order valence-corrected chi connectivity index (χ4v) is 0.594. The molecule has 12 heavy (non-hydrogen) atoms. The number of nitriles is 1. The molecule has 0 aromatic carbocycles. The van der Waals surface area contributed by atoms with Crippen molar-refractivity contribution >= 4 is 0 Å². The fourth-order valence-electron chi connectivity index (χ4n) is 0.594. The highest BCUT2D eigenvalue weighted by molar-refractivity contribution is 5.31. The Morgan fingerprint density at radius 3 is 3.00 bits per heavy atom. The van der Waals surface area contributed by atoms with Gasteiger partial charge < -0.3 is 4.74 Å². The zero-order chi connectivity index (χ0) is 8.97. The van der Waals surface area contributed by atoms with Crippen molar-refractivity contribution in [3.05, 3.63) is 24.0 Å². The molecule has 1 aromatic rings. The number of ether oxygens (including phenoxy) is 1. The second-order valence-electron chi connectivity index (χ2n) is 1.82. The van der Waals surface area contributed by atoms with Gasteiger partial charge in [-0.3, -0.25) is 0 Å². The molecule has 1 aromatic heterocycles. The van der Waals surface area contributed by atoms with Crippen molar-refractivity contribution in [2.75, 3.05) is 0 Å². The van der Waals surface area contributed by atoms with Crippen LogP contribution >= 0.6 is 0 Å². The fraction of sp³-hybridized carbons (Fsp3) is 0.143. The number of halogens is 2. The largest absolute Gasteiger partial charge is 0.432 e. The third kappa shape index (κ3) is 2.16. The summed E-state index contributed by atoms with van der Waals surface area (Å²) < 4.78 is 27.2. The summed E-state index contributed by atoms with van der Waals surface area (Å²) >= 11 is 0. The van der Waals surface area contributed by atoms with Crippen LogP contribution in [0.2, 0.25) is 0 Å². The Morgan fingerprint density at radius 2 is 2.42 bits per heavy atom. The van der Waals surface area contributed by atoms with E-state index in [9.17, 15) is 8.78 Å². The first-order valence-electron chi connectivity index (χ1n) is 2.95. The Labute approximate surface area is 67.2 Å². The van der Waals surface area contributed by atoms with Gasteiger partial charge in [0.15, 0.2) is 5.75 Å². The molecule has 0 unspecified atom stereocenters. The van der Waals surface area contributed by atoms with Gasteiger partial charge in [-0.15, -0.1) is 0 Å². The lowest BCUT2D eigenvalue weighted by Gasteiger charge is -2.01. The van der Waals surface area contributed by atoms with Gasteiger partial charge in [-0.05, 0) is 0 Å². The highest BCUT2D eigenvalue weighted by atomic mass is 19.3. The summed E-state index contributed by atoms with van der Waals surface area (Å²) in [4.78, 5) is 3.40. The van der Waals surface area contributed by atoms with E-state index in [1.165, 1.54) is 6.20 Å². The summed E-state index contributed by atoms with van der Waals surface area (Å²) in [5, 5.41) is 8.35. The molecule has 3 nitrogen and oxygen atoms in total. The molecule has 5 heteroatoms. The molecular weight excluding hydrogens is 166 g/mol. The van der Waals surface area contributed by atoms with Gasteiger partial charge in [0, 0.05) is 12.3 Å². The van der Waals surface area contributed by atoms with Gasteiger partial charge in [0.1, 0.15) is 12.3 Å². The number of rotatable bonds is 2. The molecular formula is C7H3F2N2O. The molecule has 1 heterocycles. The van der Waals surface area contributed by atoms with Crippen LogP contribution in [0.4, 0.5) is 8.78 Å². The van der Waals surface area contributed by atoms with E-state index >= 15 is 0 Å². The van der Waals surface area contributed by atoms with Crippen LogP contribution in [0.1, 0.15) is 5.56 Å². The molecule has 0 bridgehead atoms. The van der Waals surface area contributed by atoms with Crippen molar-refractivity contribution in [2.45, 2.75) is 6.61 Å². The molecule has 0 saturated carbocycles. The first-order chi connectivity index (χ1) is 5.72. The van der Waals surface area contributed by atoms with Gasteiger partial charge in [-0.25, -0.2) is 4.98 Å². The van der Waals surface area contributed by atoms with Crippen molar-refractivity contribution in [3.8, 4) is 11.8 Å².